The Morgan fingerprint density at radius 2 is 1.60 bits per heavy atom. The van der Waals surface area contributed by atoms with Gasteiger partial charge in [0.25, 0.3) is 0 Å². The SMILES string of the molecule is Fc1ccc(CC2CCCCCC2CNC2CC2)cc1. The van der Waals surface area contributed by atoms with E-state index < -0.39 is 0 Å². The molecule has 0 heterocycles. The molecule has 110 valence electrons. The molecule has 2 atom stereocenters. The number of rotatable bonds is 5. The third kappa shape index (κ3) is 4.05. The monoisotopic (exact) mass is 275 g/mol. The maximum absolute atomic E-state index is 13.0. The van der Waals surface area contributed by atoms with Crippen LogP contribution >= 0.6 is 0 Å². The number of halogens is 1. The summed E-state index contributed by atoms with van der Waals surface area (Å²) in [4.78, 5) is 0. The molecule has 2 fully saturated rings. The quantitative estimate of drug-likeness (QED) is 0.789. The molecule has 0 bridgehead atoms. The average molecular weight is 275 g/mol. The second-order valence-corrected chi connectivity index (χ2v) is 6.67. The van der Waals surface area contributed by atoms with Crippen LogP contribution in [0.25, 0.3) is 0 Å². The van der Waals surface area contributed by atoms with Crippen molar-refractivity contribution in [3.05, 3.63) is 35.6 Å². The Hall–Kier alpha value is -0.890. The molecule has 20 heavy (non-hydrogen) atoms. The summed E-state index contributed by atoms with van der Waals surface area (Å²) in [5.41, 5.74) is 1.30. The Labute approximate surface area is 122 Å². The predicted octanol–water partition coefficient (Wildman–Crippen LogP) is 4.32. The van der Waals surface area contributed by atoms with E-state index in [1.54, 1.807) is 12.1 Å². The van der Waals surface area contributed by atoms with Crippen LogP contribution in [0, 0.1) is 17.7 Å². The lowest BCUT2D eigenvalue weighted by atomic mass is 9.83. The highest BCUT2D eigenvalue weighted by Crippen LogP contribution is 2.32. The van der Waals surface area contributed by atoms with Gasteiger partial charge in [-0.05, 0) is 68.2 Å². The molecule has 1 aromatic carbocycles. The molecule has 0 radical (unpaired) electrons. The van der Waals surface area contributed by atoms with Gasteiger partial charge in [-0.2, -0.15) is 0 Å². The van der Waals surface area contributed by atoms with E-state index in [0.29, 0.717) is 0 Å². The number of benzene rings is 1. The highest BCUT2D eigenvalue weighted by Gasteiger charge is 2.27. The zero-order valence-electron chi connectivity index (χ0n) is 12.3. The Morgan fingerprint density at radius 3 is 2.30 bits per heavy atom. The second kappa shape index (κ2) is 6.71. The van der Waals surface area contributed by atoms with E-state index in [0.717, 1.165) is 24.3 Å². The van der Waals surface area contributed by atoms with Crippen molar-refractivity contribution >= 4 is 0 Å². The molecule has 2 unspecified atom stereocenters. The predicted molar refractivity (Wildman–Crippen MR) is 81.2 cm³/mol. The molecule has 3 rings (SSSR count). The average Bonchev–Trinajstić information content (AvgIpc) is 3.27. The molecule has 2 aliphatic carbocycles. The van der Waals surface area contributed by atoms with Crippen molar-refractivity contribution in [3.63, 3.8) is 0 Å². The van der Waals surface area contributed by atoms with Gasteiger partial charge in [0.1, 0.15) is 5.82 Å². The van der Waals surface area contributed by atoms with Crippen LogP contribution in [-0.2, 0) is 6.42 Å². The van der Waals surface area contributed by atoms with Crippen molar-refractivity contribution in [2.75, 3.05) is 6.54 Å². The molecular weight excluding hydrogens is 249 g/mol. The van der Waals surface area contributed by atoms with Crippen LogP contribution in [0.15, 0.2) is 24.3 Å². The molecule has 1 aromatic rings. The standard InChI is InChI=1S/C18H26FN/c19-17-8-6-14(7-9-17)12-15-4-2-1-3-5-16(15)13-20-18-10-11-18/h6-9,15-16,18,20H,1-5,10-13H2. The molecule has 1 nitrogen and oxygen atoms in total. The van der Waals surface area contributed by atoms with Crippen LogP contribution in [0.3, 0.4) is 0 Å². The van der Waals surface area contributed by atoms with Crippen molar-refractivity contribution in [2.24, 2.45) is 11.8 Å². The van der Waals surface area contributed by atoms with E-state index >= 15 is 0 Å². The van der Waals surface area contributed by atoms with Crippen molar-refractivity contribution in [1.82, 2.24) is 5.32 Å². The highest BCUT2D eigenvalue weighted by atomic mass is 19.1. The Bertz CT molecular complexity index is 410. The Balaban J connectivity index is 1.60. The summed E-state index contributed by atoms with van der Waals surface area (Å²) in [7, 11) is 0. The third-order valence-corrected chi connectivity index (χ3v) is 4.97. The zero-order valence-corrected chi connectivity index (χ0v) is 12.3. The molecule has 0 amide bonds. The highest BCUT2D eigenvalue weighted by molar-refractivity contribution is 5.16. The van der Waals surface area contributed by atoms with E-state index in [2.05, 4.69) is 5.32 Å². The molecular formula is C18H26FN. The summed E-state index contributed by atoms with van der Waals surface area (Å²) < 4.78 is 13.0. The third-order valence-electron chi connectivity index (χ3n) is 4.97. The molecule has 2 saturated carbocycles. The van der Waals surface area contributed by atoms with Gasteiger partial charge in [0, 0.05) is 6.04 Å². The lowest BCUT2D eigenvalue weighted by Crippen LogP contribution is -2.30. The summed E-state index contributed by atoms with van der Waals surface area (Å²) in [6, 6.07) is 7.94. The molecule has 2 aliphatic rings. The van der Waals surface area contributed by atoms with Crippen LogP contribution in [0.2, 0.25) is 0 Å². The van der Waals surface area contributed by atoms with Gasteiger partial charge in [-0.25, -0.2) is 4.39 Å². The topological polar surface area (TPSA) is 12.0 Å². The van der Waals surface area contributed by atoms with Gasteiger partial charge in [-0.15, -0.1) is 0 Å². The van der Waals surface area contributed by atoms with Gasteiger partial charge in [-0.3, -0.25) is 0 Å². The summed E-state index contributed by atoms with van der Waals surface area (Å²) >= 11 is 0. The van der Waals surface area contributed by atoms with Crippen molar-refractivity contribution in [2.45, 2.75) is 57.4 Å². The minimum Gasteiger partial charge on any atom is -0.314 e. The first-order chi connectivity index (χ1) is 9.81. The number of hydrogen-bond donors (Lipinski definition) is 1. The molecule has 1 N–H and O–H groups in total. The normalized spacial score (nSPS) is 27.2. The minimum atomic E-state index is -0.124. The van der Waals surface area contributed by atoms with Crippen LogP contribution < -0.4 is 5.32 Å². The van der Waals surface area contributed by atoms with Crippen LogP contribution in [0.4, 0.5) is 4.39 Å². The van der Waals surface area contributed by atoms with E-state index in [1.165, 1.54) is 57.1 Å². The number of nitrogens with one attached hydrogen (secondary N) is 1. The Kier molecular flexibility index (Phi) is 4.72. The molecule has 0 aliphatic heterocycles. The summed E-state index contributed by atoms with van der Waals surface area (Å²) in [5.74, 6) is 1.46. The lowest BCUT2D eigenvalue weighted by Gasteiger charge is -2.26. The number of hydrogen-bond acceptors (Lipinski definition) is 1. The summed E-state index contributed by atoms with van der Waals surface area (Å²) in [6.07, 6.45) is 10.7. The van der Waals surface area contributed by atoms with Crippen LogP contribution in [0.5, 0.6) is 0 Å². The van der Waals surface area contributed by atoms with E-state index in [1.807, 2.05) is 12.1 Å². The molecule has 0 saturated heterocycles. The van der Waals surface area contributed by atoms with Gasteiger partial charge in [-0.1, -0.05) is 31.4 Å². The van der Waals surface area contributed by atoms with Gasteiger partial charge < -0.3 is 5.32 Å². The smallest absolute Gasteiger partial charge is 0.123 e. The van der Waals surface area contributed by atoms with Crippen LogP contribution in [0.1, 0.15) is 50.5 Å². The van der Waals surface area contributed by atoms with Crippen molar-refractivity contribution in [3.8, 4) is 0 Å². The van der Waals surface area contributed by atoms with Gasteiger partial charge in [0.15, 0.2) is 0 Å². The fraction of sp³-hybridized carbons (Fsp3) is 0.667. The van der Waals surface area contributed by atoms with Crippen LogP contribution in [-0.4, -0.2) is 12.6 Å². The lowest BCUT2D eigenvalue weighted by molar-refractivity contribution is 0.297. The van der Waals surface area contributed by atoms with Gasteiger partial charge in [0.2, 0.25) is 0 Å². The zero-order chi connectivity index (χ0) is 13.8. The molecule has 2 heteroatoms. The first kappa shape index (κ1) is 14.1. The summed E-state index contributed by atoms with van der Waals surface area (Å²) in [5, 5.41) is 3.72. The van der Waals surface area contributed by atoms with Crippen molar-refractivity contribution < 1.29 is 4.39 Å². The van der Waals surface area contributed by atoms with Gasteiger partial charge in [0.05, 0.1) is 0 Å². The fourth-order valence-corrected chi connectivity index (χ4v) is 3.53. The first-order valence-corrected chi connectivity index (χ1v) is 8.29. The van der Waals surface area contributed by atoms with Crippen molar-refractivity contribution in [1.29, 1.82) is 0 Å². The maximum Gasteiger partial charge on any atom is 0.123 e. The minimum absolute atomic E-state index is 0.124. The van der Waals surface area contributed by atoms with Gasteiger partial charge >= 0.3 is 0 Å². The van der Waals surface area contributed by atoms with E-state index in [4.69, 9.17) is 0 Å². The fourth-order valence-electron chi connectivity index (χ4n) is 3.53. The summed E-state index contributed by atoms with van der Waals surface area (Å²) in [6.45, 7) is 1.19. The van der Waals surface area contributed by atoms with E-state index in [9.17, 15) is 4.39 Å². The van der Waals surface area contributed by atoms with E-state index in [-0.39, 0.29) is 5.82 Å². The largest absolute Gasteiger partial charge is 0.314 e. The Morgan fingerprint density at radius 1 is 0.900 bits per heavy atom. The first-order valence-electron chi connectivity index (χ1n) is 8.29. The molecule has 0 spiro atoms. The molecule has 0 aromatic heterocycles. The second-order valence-electron chi connectivity index (χ2n) is 6.67. The maximum atomic E-state index is 13.0.